The van der Waals surface area contributed by atoms with E-state index in [4.69, 9.17) is 14.5 Å². The van der Waals surface area contributed by atoms with Crippen molar-refractivity contribution in [3.63, 3.8) is 0 Å². The number of anilines is 1. The Morgan fingerprint density at radius 2 is 1.64 bits per heavy atom. The van der Waals surface area contributed by atoms with Crippen molar-refractivity contribution in [2.24, 2.45) is 4.99 Å². The summed E-state index contributed by atoms with van der Waals surface area (Å²) in [5.41, 5.74) is 3.54. The van der Waals surface area contributed by atoms with Gasteiger partial charge in [0.15, 0.2) is 17.5 Å². The number of hydrogen-bond acceptors (Lipinski definition) is 5. The number of nitrogens with zero attached hydrogens (tertiary/aromatic N) is 3. The number of carbonyl (C=O) groups is 1. The average molecular weight is 487 g/mol. The van der Waals surface area contributed by atoms with Crippen LogP contribution >= 0.6 is 0 Å². The number of piperazine rings is 1. The Labute approximate surface area is 210 Å². The van der Waals surface area contributed by atoms with E-state index in [1.165, 1.54) is 11.1 Å². The Bertz CT molecular complexity index is 1210. The van der Waals surface area contributed by atoms with Crippen LogP contribution in [0.15, 0.2) is 77.8 Å². The lowest BCUT2D eigenvalue weighted by atomic mass is 10.1. The molecule has 0 atom stereocenters. The van der Waals surface area contributed by atoms with Gasteiger partial charge in [0.25, 0.3) is 0 Å². The molecule has 2 N–H and O–H groups in total. The standard InChI is InChI=1S/C28H30N4O4/c33-27(34)23-7-9-24(10-8-23)30-28(29-13-12-21-4-2-1-3-5-21)32-16-14-31(15-17-32)19-22-6-11-25-26(18-22)36-20-35-25/h1-11,18H,12-17,19-20H2,(H,29,30)(H,33,34). The number of rotatable bonds is 7. The molecule has 0 unspecified atom stereocenters. The van der Waals surface area contributed by atoms with Crippen molar-refractivity contribution in [1.29, 1.82) is 0 Å². The highest BCUT2D eigenvalue weighted by Gasteiger charge is 2.21. The molecule has 5 rings (SSSR count). The number of aromatic carboxylic acids is 1. The molecule has 0 amide bonds. The fraction of sp³-hybridized carbons (Fsp3) is 0.286. The maximum Gasteiger partial charge on any atom is 0.335 e. The smallest absolute Gasteiger partial charge is 0.335 e. The molecule has 36 heavy (non-hydrogen) atoms. The van der Waals surface area contributed by atoms with Crippen molar-refractivity contribution in [2.45, 2.75) is 13.0 Å². The first-order chi connectivity index (χ1) is 17.6. The van der Waals surface area contributed by atoms with Crippen molar-refractivity contribution in [3.05, 3.63) is 89.5 Å². The molecule has 0 aliphatic carbocycles. The zero-order valence-electron chi connectivity index (χ0n) is 20.1. The molecule has 186 valence electrons. The van der Waals surface area contributed by atoms with Crippen molar-refractivity contribution in [2.75, 3.05) is 44.8 Å². The van der Waals surface area contributed by atoms with Crippen molar-refractivity contribution in [3.8, 4) is 11.5 Å². The van der Waals surface area contributed by atoms with Gasteiger partial charge in [-0.2, -0.15) is 0 Å². The van der Waals surface area contributed by atoms with Gasteiger partial charge >= 0.3 is 5.97 Å². The van der Waals surface area contributed by atoms with Gasteiger partial charge in [0.1, 0.15) is 0 Å². The lowest BCUT2D eigenvalue weighted by Crippen LogP contribution is -2.50. The Hall–Kier alpha value is -4.04. The number of nitrogens with one attached hydrogen (secondary N) is 1. The minimum Gasteiger partial charge on any atom is -0.478 e. The van der Waals surface area contributed by atoms with Crippen LogP contribution in [0.2, 0.25) is 0 Å². The van der Waals surface area contributed by atoms with Gasteiger partial charge in [0.2, 0.25) is 6.79 Å². The topological polar surface area (TPSA) is 86.6 Å². The van der Waals surface area contributed by atoms with E-state index >= 15 is 0 Å². The first kappa shape index (κ1) is 23.7. The number of aliphatic imine (C=N–C) groups is 1. The summed E-state index contributed by atoms with van der Waals surface area (Å²) >= 11 is 0. The van der Waals surface area contributed by atoms with Gasteiger partial charge in [-0.3, -0.25) is 9.89 Å². The number of carboxylic acids is 1. The van der Waals surface area contributed by atoms with Gasteiger partial charge in [-0.25, -0.2) is 4.79 Å². The Morgan fingerprint density at radius 1 is 0.889 bits per heavy atom. The maximum absolute atomic E-state index is 11.2. The van der Waals surface area contributed by atoms with Gasteiger partial charge in [-0.1, -0.05) is 36.4 Å². The highest BCUT2D eigenvalue weighted by Crippen LogP contribution is 2.32. The second-order valence-corrected chi connectivity index (χ2v) is 8.90. The summed E-state index contributed by atoms with van der Waals surface area (Å²) in [6, 6.07) is 23.2. The van der Waals surface area contributed by atoms with Crippen LogP contribution in [0.25, 0.3) is 0 Å². The molecule has 0 bridgehead atoms. The fourth-order valence-corrected chi connectivity index (χ4v) is 4.39. The summed E-state index contributed by atoms with van der Waals surface area (Å²) in [5, 5.41) is 12.6. The van der Waals surface area contributed by atoms with Gasteiger partial charge in [0.05, 0.1) is 5.56 Å². The molecule has 2 heterocycles. The molecule has 8 heteroatoms. The second kappa shape index (κ2) is 11.1. The summed E-state index contributed by atoms with van der Waals surface area (Å²) in [4.78, 5) is 20.8. The quantitative estimate of drug-likeness (QED) is 0.386. The molecule has 1 fully saturated rings. The predicted octanol–water partition coefficient (Wildman–Crippen LogP) is 3.94. The number of hydrogen-bond donors (Lipinski definition) is 2. The first-order valence-corrected chi connectivity index (χ1v) is 12.2. The fourth-order valence-electron chi connectivity index (χ4n) is 4.39. The summed E-state index contributed by atoms with van der Waals surface area (Å²) in [6.45, 7) is 5.31. The van der Waals surface area contributed by atoms with Crippen molar-refractivity contribution < 1.29 is 19.4 Å². The van der Waals surface area contributed by atoms with E-state index in [1.807, 2.05) is 24.3 Å². The van der Waals surface area contributed by atoms with E-state index in [0.717, 1.165) is 62.3 Å². The van der Waals surface area contributed by atoms with E-state index in [-0.39, 0.29) is 12.4 Å². The third-order valence-corrected chi connectivity index (χ3v) is 6.41. The van der Waals surface area contributed by atoms with Crippen LogP contribution in [-0.4, -0.2) is 66.4 Å². The summed E-state index contributed by atoms with van der Waals surface area (Å²) in [6.07, 6.45) is 0.855. The number of benzene rings is 3. The third-order valence-electron chi connectivity index (χ3n) is 6.41. The molecule has 0 radical (unpaired) electrons. The van der Waals surface area contributed by atoms with E-state index in [1.54, 1.807) is 24.3 Å². The second-order valence-electron chi connectivity index (χ2n) is 8.90. The Morgan fingerprint density at radius 3 is 2.39 bits per heavy atom. The van der Waals surface area contributed by atoms with Gasteiger partial charge in [-0.05, 0) is 53.9 Å². The van der Waals surface area contributed by atoms with E-state index < -0.39 is 5.97 Å². The van der Waals surface area contributed by atoms with Crippen molar-refractivity contribution >= 4 is 17.6 Å². The zero-order valence-corrected chi connectivity index (χ0v) is 20.1. The van der Waals surface area contributed by atoms with Crippen LogP contribution < -0.4 is 14.8 Å². The number of guanidine groups is 1. The SMILES string of the molecule is O=C(O)c1ccc(NC(=NCCc2ccccc2)N2CCN(Cc3ccc4c(c3)OCO4)CC2)cc1. The molecule has 2 aliphatic heterocycles. The molecule has 0 spiro atoms. The Kier molecular flexibility index (Phi) is 7.33. The first-order valence-electron chi connectivity index (χ1n) is 12.2. The normalized spacial score (nSPS) is 15.7. The van der Waals surface area contributed by atoms with Crippen LogP contribution in [0.1, 0.15) is 21.5 Å². The summed E-state index contributed by atoms with van der Waals surface area (Å²) in [5.74, 6) is 1.51. The molecular weight excluding hydrogens is 456 g/mol. The maximum atomic E-state index is 11.2. The molecular formula is C28H30N4O4. The van der Waals surface area contributed by atoms with Crippen molar-refractivity contribution in [1.82, 2.24) is 9.80 Å². The molecule has 1 saturated heterocycles. The predicted molar refractivity (Wildman–Crippen MR) is 139 cm³/mol. The highest BCUT2D eigenvalue weighted by molar-refractivity contribution is 5.94. The number of carboxylic acid groups (broad SMARTS) is 1. The van der Waals surface area contributed by atoms with Gasteiger partial charge in [0, 0.05) is 45.0 Å². The van der Waals surface area contributed by atoms with E-state index in [9.17, 15) is 9.90 Å². The van der Waals surface area contributed by atoms with Gasteiger partial charge < -0.3 is 24.8 Å². The van der Waals surface area contributed by atoms with Gasteiger partial charge in [-0.15, -0.1) is 0 Å². The average Bonchev–Trinajstić information content (AvgIpc) is 3.38. The van der Waals surface area contributed by atoms with Crippen LogP contribution in [0.5, 0.6) is 11.5 Å². The van der Waals surface area contributed by atoms with Crippen LogP contribution in [0.4, 0.5) is 5.69 Å². The van der Waals surface area contributed by atoms with E-state index in [2.05, 4.69) is 39.4 Å². The highest BCUT2D eigenvalue weighted by atomic mass is 16.7. The summed E-state index contributed by atoms with van der Waals surface area (Å²) in [7, 11) is 0. The Balaban J connectivity index is 1.23. The minimum atomic E-state index is -0.933. The third kappa shape index (κ3) is 5.95. The minimum absolute atomic E-state index is 0.264. The lowest BCUT2D eigenvalue weighted by Gasteiger charge is -2.36. The molecule has 0 aromatic heterocycles. The molecule has 0 saturated carbocycles. The van der Waals surface area contributed by atoms with Crippen LogP contribution in [0.3, 0.4) is 0 Å². The van der Waals surface area contributed by atoms with Crippen LogP contribution in [-0.2, 0) is 13.0 Å². The number of fused-ring (bicyclic) bond motifs is 1. The monoisotopic (exact) mass is 486 g/mol. The van der Waals surface area contributed by atoms with E-state index in [0.29, 0.717) is 6.54 Å². The number of ether oxygens (including phenoxy) is 2. The lowest BCUT2D eigenvalue weighted by molar-refractivity contribution is 0.0697. The molecule has 2 aliphatic rings. The zero-order chi connectivity index (χ0) is 24.7. The largest absolute Gasteiger partial charge is 0.478 e. The molecule has 3 aromatic carbocycles. The summed E-state index contributed by atoms with van der Waals surface area (Å²) < 4.78 is 10.9. The van der Waals surface area contributed by atoms with Crippen LogP contribution in [0, 0.1) is 0 Å². The molecule has 3 aromatic rings. The molecule has 8 nitrogen and oxygen atoms in total.